The number of benzene rings is 4. The van der Waals surface area contributed by atoms with Gasteiger partial charge in [0, 0.05) is 48.5 Å². The molecule has 0 unspecified atom stereocenters. The summed E-state index contributed by atoms with van der Waals surface area (Å²) in [5.74, 6) is -20.7. The molecule has 4 aromatic carbocycles. The summed E-state index contributed by atoms with van der Waals surface area (Å²) in [6.07, 6.45) is 0.676. The van der Waals surface area contributed by atoms with Crippen LogP contribution >= 0.6 is 0 Å². The molecule has 4 rings (SSSR count). The highest BCUT2D eigenvalue weighted by atomic mass is 19.3. The quantitative estimate of drug-likeness (QED) is 0.0399. The lowest BCUT2D eigenvalue weighted by molar-refractivity contribution is -0.190. The SMILES string of the molecule is CC(CCCCCCCOc1cc(F)c(C(F)(F)Oc2cc(F)c(F)c(F)c2)c(F)c1)CCCCCCCOc1cc(F)c(C(F)(F)Oc2cc(F)c(F)c(F)c2)c(F)c1. The van der Waals surface area contributed by atoms with Gasteiger partial charge in [-0.25, -0.2) is 43.9 Å². The van der Waals surface area contributed by atoms with Gasteiger partial charge in [0.2, 0.25) is 0 Å². The van der Waals surface area contributed by atoms with Gasteiger partial charge in [0.25, 0.3) is 0 Å². The Bertz CT molecular complexity index is 1810. The fourth-order valence-electron chi connectivity index (χ4n) is 6.18. The highest BCUT2D eigenvalue weighted by molar-refractivity contribution is 5.35. The number of hydrogen-bond acceptors (Lipinski definition) is 4. The Kier molecular flexibility index (Phi) is 17.2. The molecule has 0 saturated carbocycles. The number of hydrogen-bond donors (Lipinski definition) is 0. The van der Waals surface area contributed by atoms with Crippen molar-refractivity contribution in [2.24, 2.45) is 5.92 Å². The molecule has 330 valence electrons. The summed E-state index contributed by atoms with van der Waals surface area (Å²) in [5, 5.41) is 0. The maximum Gasteiger partial charge on any atom is 0.432 e. The van der Waals surface area contributed by atoms with Crippen LogP contribution in [0.2, 0.25) is 0 Å². The van der Waals surface area contributed by atoms with Crippen molar-refractivity contribution in [2.45, 2.75) is 96.2 Å². The summed E-state index contributed by atoms with van der Waals surface area (Å²) in [5.41, 5.74) is -3.65. The van der Waals surface area contributed by atoms with Crippen molar-refractivity contribution >= 4 is 0 Å². The van der Waals surface area contributed by atoms with Crippen LogP contribution in [0.3, 0.4) is 0 Å². The maximum atomic E-state index is 14.5. The molecule has 0 aliphatic rings. The van der Waals surface area contributed by atoms with Gasteiger partial charge in [-0.2, -0.15) is 17.6 Å². The van der Waals surface area contributed by atoms with E-state index >= 15 is 0 Å². The highest BCUT2D eigenvalue weighted by Crippen LogP contribution is 2.39. The molecular weight excluding hydrogens is 834 g/mol. The zero-order valence-corrected chi connectivity index (χ0v) is 32.0. The van der Waals surface area contributed by atoms with Crippen LogP contribution in [-0.2, 0) is 12.2 Å². The van der Waals surface area contributed by atoms with Gasteiger partial charge >= 0.3 is 12.2 Å². The molecule has 0 spiro atoms. The lowest BCUT2D eigenvalue weighted by Gasteiger charge is -2.20. The zero-order chi connectivity index (χ0) is 44.2. The minimum Gasteiger partial charge on any atom is -0.493 e. The van der Waals surface area contributed by atoms with Gasteiger partial charge in [0.15, 0.2) is 34.9 Å². The molecule has 0 aromatic heterocycles. The van der Waals surface area contributed by atoms with Crippen LogP contribution in [0.25, 0.3) is 0 Å². The Morgan fingerprint density at radius 3 is 0.967 bits per heavy atom. The van der Waals surface area contributed by atoms with E-state index in [1.165, 1.54) is 0 Å². The summed E-state index contributed by atoms with van der Waals surface area (Å²) in [6, 6.07) is 2.54. The predicted molar refractivity (Wildman–Crippen MR) is 190 cm³/mol. The first-order valence-corrected chi connectivity index (χ1v) is 19.0. The van der Waals surface area contributed by atoms with Crippen molar-refractivity contribution < 1.29 is 80.4 Å². The average Bonchev–Trinajstić information content (AvgIpc) is 3.13. The molecule has 0 heterocycles. The summed E-state index contributed by atoms with van der Waals surface area (Å²) < 4.78 is 214. The lowest BCUT2D eigenvalue weighted by Crippen LogP contribution is -2.25. The van der Waals surface area contributed by atoms with E-state index in [2.05, 4.69) is 16.4 Å². The van der Waals surface area contributed by atoms with Gasteiger partial charge in [-0.05, 0) is 18.8 Å². The van der Waals surface area contributed by atoms with Crippen molar-refractivity contribution in [2.75, 3.05) is 13.2 Å². The van der Waals surface area contributed by atoms with Crippen LogP contribution in [0.5, 0.6) is 23.0 Å². The largest absolute Gasteiger partial charge is 0.493 e. The van der Waals surface area contributed by atoms with E-state index in [9.17, 15) is 61.5 Å². The Morgan fingerprint density at radius 2 is 0.650 bits per heavy atom. The maximum absolute atomic E-state index is 14.5. The number of unbranched alkanes of at least 4 members (excludes halogenated alkanes) is 8. The number of rotatable bonds is 24. The Balaban J connectivity index is 1.03. The minimum absolute atomic E-state index is 0.0556. The third-order valence-electron chi connectivity index (χ3n) is 9.24. The first kappa shape index (κ1) is 47.8. The van der Waals surface area contributed by atoms with Crippen molar-refractivity contribution in [3.63, 3.8) is 0 Å². The molecule has 0 N–H and O–H groups in total. The summed E-state index contributed by atoms with van der Waals surface area (Å²) in [6.45, 7) is 2.25. The van der Waals surface area contributed by atoms with Crippen LogP contribution in [0, 0.1) is 64.1 Å². The molecule has 4 nitrogen and oxygen atoms in total. The van der Waals surface area contributed by atoms with Gasteiger partial charge in [0.1, 0.15) is 57.4 Å². The third kappa shape index (κ3) is 13.6. The average molecular weight is 875 g/mol. The monoisotopic (exact) mass is 874 g/mol. The second kappa shape index (κ2) is 21.6. The first-order chi connectivity index (χ1) is 28.3. The third-order valence-corrected chi connectivity index (χ3v) is 9.24. The van der Waals surface area contributed by atoms with E-state index in [0.717, 1.165) is 64.2 Å². The van der Waals surface area contributed by atoms with Crippen LogP contribution in [-0.4, -0.2) is 13.2 Å². The Hall–Kier alpha value is -4.90. The molecule has 0 aliphatic carbocycles. The Morgan fingerprint density at radius 1 is 0.383 bits per heavy atom. The number of ether oxygens (including phenoxy) is 4. The molecule has 0 bridgehead atoms. The van der Waals surface area contributed by atoms with Crippen molar-refractivity contribution in [1.29, 1.82) is 0 Å². The van der Waals surface area contributed by atoms with Gasteiger partial charge in [0.05, 0.1) is 13.2 Å². The standard InChI is InChI=1S/C42H40F14O4/c1-24(12-8-4-2-6-10-14-57-25-16-29(43)37(30(44)17-25)41(53,54)59-27-20-33(47)39(51)34(48)21-27)13-9-5-3-7-11-15-58-26-18-31(45)38(32(46)19-26)42(55,56)60-28-22-35(49)40(52)36(50)23-28/h16-24H,2-15H2,1H3. The van der Waals surface area contributed by atoms with E-state index < -0.39 is 93.0 Å². The van der Waals surface area contributed by atoms with E-state index in [0.29, 0.717) is 43.0 Å². The molecule has 4 aromatic rings. The molecule has 0 radical (unpaired) electrons. The highest BCUT2D eigenvalue weighted by Gasteiger charge is 2.43. The lowest BCUT2D eigenvalue weighted by atomic mass is 9.96. The van der Waals surface area contributed by atoms with E-state index in [4.69, 9.17) is 9.47 Å². The van der Waals surface area contributed by atoms with Crippen molar-refractivity contribution in [3.05, 3.63) is 118 Å². The van der Waals surface area contributed by atoms with Gasteiger partial charge in [-0.15, -0.1) is 0 Å². The topological polar surface area (TPSA) is 36.9 Å². The van der Waals surface area contributed by atoms with Crippen LogP contribution < -0.4 is 18.9 Å². The van der Waals surface area contributed by atoms with Crippen LogP contribution in [0.4, 0.5) is 61.5 Å². The molecule has 0 saturated heterocycles. The molecular formula is C42H40F14O4. The molecule has 60 heavy (non-hydrogen) atoms. The smallest absolute Gasteiger partial charge is 0.432 e. The molecule has 0 amide bonds. The second-order valence-electron chi connectivity index (χ2n) is 14.1. The molecule has 0 atom stereocenters. The summed E-state index contributed by atoms with van der Waals surface area (Å²) in [4.78, 5) is 0. The fraction of sp³-hybridized carbons (Fsp3) is 0.429. The molecule has 0 fully saturated rings. The summed E-state index contributed by atoms with van der Waals surface area (Å²) >= 11 is 0. The number of alkyl halides is 4. The predicted octanol–water partition coefficient (Wildman–Crippen LogP) is 14.1. The van der Waals surface area contributed by atoms with E-state index in [1.54, 1.807) is 0 Å². The second-order valence-corrected chi connectivity index (χ2v) is 14.1. The summed E-state index contributed by atoms with van der Waals surface area (Å²) in [7, 11) is 0. The fourth-order valence-corrected chi connectivity index (χ4v) is 6.18. The minimum atomic E-state index is -4.70. The Labute approximate surface area is 336 Å². The van der Waals surface area contributed by atoms with Gasteiger partial charge in [-0.3, -0.25) is 0 Å². The molecule has 18 heteroatoms. The normalized spacial score (nSPS) is 12.0. The van der Waals surface area contributed by atoms with Gasteiger partial charge in [-0.1, -0.05) is 71.1 Å². The van der Waals surface area contributed by atoms with Crippen molar-refractivity contribution in [1.82, 2.24) is 0 Å². The van der Waals surface area contributed by atoms with E-state index in [1.807, 2.05) is 0 Å². The van der Waals surface area contributed by atoms with Gasteiger partial charge < -0.3 is 18.9 Å². The van der Waals surface area contributed by atoms with Crippen LogP contribution in [0.15, 0.2) is 48.5 Å². The van der Waals surface area contributed by atoms with Crippen molar-refractivity contribution in [3.8, 4) is 23.0 Å². The molecule has 0 aliphatic heterocycles. The first-order valence-electron chi connectivity index (χ1n) is 19.0. The van der Waals surface area contributed by atoms with E-state index in [-0.39, 0.29) is 49.0 Å². The zero-order valence-electron chi connectivity index (χ0n) is 32.0. The number of halogens is 14. The van der Waals surface area contributed by atoms with Crippen LogP contribution in [0.1, 0.15) is 95.1 Å².